The smallest absolute Gasteiger partial charge is 0.316 e. The van der Waals surface area contributed by atoms with E-state index in [2.05, 4.69) is 48.5 Å². The Bertz CT molecular complexity index is 932. The van der Waals surface area contributed by atoms with E-state index < -0.39 is 17.5 Å². The zero-order chi connectivity index (χ0) is 25.1. The number of allylic oxidation sites excluding steroid dienone is 1. The van der Waals surface area contributed by atoms with E-state index in [0.29, 0.717) is 24.7 Å². The highest BCUT2D eigenvalue weighted by Crippen LogP contribution is 2.75. The average Bonchev–Trinajstić information content (AvgIpc) is 2.71. The van der Waals surface area contributed by atoms with Crippen LogP contribution in [-0.2, 0) is 4.79 Å². The molecule has 0 saturated heterocycles. The minimum Gasteiger partial charge on any atom is -0.481 e. The van der Waals surface area contributed by atoms with E-state index >= 15 is 0 Å². The summed E-state index contributed by atoms with van der Waals surface area (Å²) in [6.07, 6.45) is 7.92. The second-order valence-corrected chi connectivity index (χ2v) is 15.1. The molecule has 5 aliphatic rings. The number of hydrogen-bond donors (Lipinski definition) is 3. The van der Waals surface area contributed by atoms with Gasteiger partial charge >= 0.3 is 5.97 Å². The van der Waals surface area contributed by atoms with Gasteiger partial charge in [-0.25, -0.2) is 0 Å². The Morgan fingerprint density at radius 3 is 2.12 bits per heavy atom. The minimum atomic E-state index is -1.09. The molecule has 0 aromatic heterocycles. The Balaban J connectivity index is 1.65. The van der Waals surface area contributed by atoms with Crippen molar-refractivity contribution in [2.24, 2.45) is 44.3 Å². The van der Waals surface area contributed by atoms with Gasteiger partial charge < -0.3 is 15.3 Å². The first-order valence-corrected chi connectivity index (χ1v) is 13.9. The molecule has 192 valence electrons. The SMILES string of the molecule is CC1(C)CC[C@@]2(C(=O)O)C(=C3CC[C@@H]4[C@@]5(C)CC[C@H](O)C(C)(C)[C@H]5CC[C@@]4(C)[C@]3(C)C[C@H]2O)C1. The number of aliphatic hydroxyl groups is 2. The van der Waals surface area contributed by atoms with E-state index in [1.807, 2.05) is 0 Å². The number of aliphatic carboxylic acids is 1. The summed E-state index contributed by atoms with van der Waals surface area (Å²) in [7, 11) is 0. The minimum absolute atomic E-state index is 0.0322. The molecule has 5 rings (SSSR count). The van der Waals surface area contributed by atoms with Crippen molar-refractivity contribution in [3.8, 4) is 0 Å². The second kappa shape index (κ2) is 7.12. The van der Waals surface area contributed by atoms with E-state index in [4.69, 9.17) is 0 Å². The molecule has 0 aliphatic heterocycles. The Hall–Kier alpha value is -0.870. The molecular formula is C30H48O4. The molecule has 4 fully saturated rings. The van der Waals surface area contributed by atoms with Crippen molar-refractivity contribution < 1.29 is 20.1 Å². The zero-order valence-corrected chi connectivity index (χ0v) is 22.6. The fourth-order valence-corrected chi connectivity index (χ4v) is 10.7. The maximum absolute atomic E-state index is 12.8. The molecule has 0 bridgehead atoms. The Kier molecular flexibility index (Phi) is 5.20. The number of carboxylic acid groups (broad SMARTS) is 1. The molecule has 4 saturated carbocycles. The van der Waals surface area contributed by atoms with Crippen LogP contribution in [0.2, 0.25) is 0 Å². The molecule has 0 aromatic rings. The van der Waals surface area contributed by atoms with Crippen molar-refractivity contribution in [2.75, 3.05) is 0 Å². The fraction of sp³-hybridized carbons (Fsp3) is 0.900. The van der Waals surface area contributed by atoms with Gasteiger partial charge in [-0.2, -0.15) is 0 Å². The third kappa shape index (κ3) is 2.82. The molecule has 0 aromatic carbocycles. The van der Waals surface area contributed by atoms with Crippen molar-refractivity contribution in [1.82, 2.24) is 0 Å². The zero-order valence-electron chi connectivity index (χ0n) is 22.6. The van der Waals surface area contributed by atoms with Crippen LogP contribution in [0, 0.1) is 44.3 Å². The topological polar surface area (TPSA) is 77.8 Å². The third-order valence-electron chi connectivity index (χ3n) is 12.9. The monoisotopic (exact) mass is 472 g/mol. The highest BCUT2D eigenvalue weighted by molar-refractivity contribution is 5.81. The molecule has 0 heterocycles. The first-order valence-electron chi connectivity index (χ1n) is 13.9. The molecule has 0 radical (unpaired) electrons. The van der Waals surface area contributed by atoms with Crippen LogP contribution < -0.4 is 0 Å². The summed E-state index contributed by atoms with van der Waals surface area (Å²) >= 11 is 0. The average molecular weight is 473 g/mol. The van der Waals surface area contributed by atoms with Crippen LogP contribution in [0.4, 0.5) is 0 Å². The van der Waals surface area contributed by atoms with Crippen molar-refractivity contribution in [1.29, 1.82) is 0 Å². The van der Waals surface area contributed by atoms with Crippen LogP contribution >= 0.6 is 0 Å². The van der Waals surface area contributed by atoms with Crippen LogP contribution in [-0.4, -0.2) is 33.5 Å². The molecule has 0 amide bonds. The summed E-state index contributed by atoms with van der Waals surface area (Å²) < 4.78 is 0. The Morgan fingerprint density at radius 2 is 1.47 bits per heavy atom. The van der Waals surface area contributed by atoms with Gasteiger partial charge in [0.25, 0.3) is 0 Å². The lowest BCUT2D eigenvalue weighted by Gasteiger charge is -2.71. The van der Waals surface area contributed by atoms with Crippen LogP contribution in [0.25, 0.3) is 0 Å². The Labute approximate surface area is 206 Å². The highest BCUT2D eigenvalue weighted by Gasteiger charge is 2.69. The van der Waals surface area contributed by atoms with E-state index in [9.17, 15) is 20.1 Å². The number of fused-ring (bicyclic) bond motifs is 6. The first kappa shape index (κ1) is 24.8. The van der Waals surface area contributed by atoms with Gasteiger partial charge in [0, 0.05) is 0 Å². The van der Waals surface area contributed by atoms with Gasteiger partial charge in [-0.15, -0.1) is 0 Å². The van der Waals surface area contributed by atoms with E-state index in [1.54, 1.807) is 0 Å². The summed E-state index contributed by atoms with van der Waals surface area (Å²) in [5.74, 6) is 0.215. The van der Waals surface area contributed by atoms with Gasteiger partial charge in [-0.3, -0.25) is 4.79 Å². The predicted molar refractivity (Wildman–Crippen MR) is 134 cm³/mol. The largest absolute Gasteiger partial charge is 0.481 e. The molecule has 0 unspecified atom stereocenters. The number of rotatable bonds is 1. The summed E-state index contributed by atoms with van der Waals surface area (Å²) in [6.45, 7) is 16.4. The normalized spacial score (nSPS) is 51.6. The number of carbonyl (C=O) groups is 1. The van der Waals surface area contributed by atoms with Gasteiger partial charge in [0.15, 0.2) is 0 Å². The lowest BCUT2D eigenvalue weighted by molar-refractivity contribution is -0.211. The van der Waals surface area contributed by atoms with Crippen LogP contribution in [0.3, 0.4) is 0 Å². The Morgan fingerprint density at radius 1 is 0.794 bits per heavy atom. The molecule has 4 nitrogen and oxygen atoms in total. The third-order valence-corrected chi connectivity index (χ3v) is 12.9. The first-order chi connectivity index (χ1) is 15.6. The van der Waals surface area contributed by atoms with Crippen LogP contribution in [0.15, 0.2) is 11.1 Å². The van der Waals surface area contributed by atoms with Gasteiger partial charge in [0.2, 0.25) is 0 Å². The maximum atomic E-state index is 12.8. The number of aliphatic hydroxyl groups excluding tert-OH is 2. The van der Waals surface area contributed by atoms with Crippen molar-refractivity contribution in [2.45, 2.75) is 125 Å². The predicted octanol–water partition coefficient (Wildman–Crippen LogP) is 6.35. The summed E-state index contributed by atoms with van der Waals surface area (Å²) in [5.41, 5.74) is 1.41. The quantitative estimate of drug-likeness (QED) is 0.389. The second-order valence-electron chi connectivity index (χ2n) is 15.1. The molecule has 3 N–H and O–H groups in total. The van der Waals surface area contributed by atoms with Crippen molar-refractivity contribution >= 4 is 5.97 Å². The molecular weight excluding hydrogens is 424 g/mol. The van der Waals surface area contributed by atoms with E-state index in [1.165, 1.54) is 5.57 Å². The molecule has 4 heteroatoms. The summed E-state index contributed by atoms with van der Waals surface area (Å²) in [4.78, 5) is 12.8. The molecule has 8 atom stereocenters. The van der Waals surface area contributed by atoms with Gasteiger partial charge in [-0.05, 0) is 103 Å². The van der Waals surface area contributed by atoms with Crippen LogP contribution in [0.5, 0.6) is 0 Å². The lowest BCUT2D eigenvalue weighted by Crippen LogP contribution is -2.65. The van der Waals surface area contributed by atoms with Gasteiger partial charge in [0.1, 0.15) is 5.41 Å². The van der Waals surface area contributed by atoms with Crippen molar-refractivity contribution in [3.63, 3.8) is 0 Å². The van der Waals surface area contributed by atoms with E-state index in [-0.39, 0.29) is 33.2 Å². The van der Waals surface area contributed by atoms with Crippen LogP contribution in [0.1, 0.15) is 113 Å². The fourth-order valence-electron chi connectivity index (χ4n) is 10.7. The van der Waals surface area contributed by atoms with Gasteiger partial charge in [0.05, 0.1) is 12.2 Å². The highest BCUT2D eigenvalue weighted by atomic mass is 16.4. The number of hydrogen-bond acceptors (Lipinski definition) is 3. The lowest BCUT2D eigenvalue weighted by atomic mass is 9.34. The molecule has 5 aliphatic carbocycles. The van der Waals surface area contributed by atoms with E-state index in [0.717, 1.165) is 56.9 Å². The van der Waals surface area contributed by atoms with Crippen molar-refractivity contribution in [3.05, 3.63) is 11.1 Å². The van der Waals surface area contributed by atoms with Gasteiger partial charge in [-0.1, -0.05) is 59.6 Å². The summed E-state index contributed by atoms with van der Waals surface area (Å²) in [5, 5.41) is 33.1. The molecule has 0 spiro atoms. The molecule has 34 heavy (non-hydrogen) atoms. The standard InChI is InChI=1S/C30H48O4/c1-25(2)14-15-30(24(33)34)19(16-25)18-8-9-21-27(5)12-11-22(31)26(3,4)20(27)10-13-28(21,6)29(18,7)17-23(30)32/h20-23,31-32H,8-17H2,1-7H3,(H,33,34)/t20-,21-,22+,23-,27+,28-,29-,30-/m1/s1. The number of carboxylic acids is 1. The summed E-state index contributed by atoms with van der Waals surface area (Å²) in [6, 6.07) is 0. The maximum Gasteiger partial charge on any atom is 0.316 e.